The van der Waals surface area contributed by atoms with E-state index in [-0.39, 0.29) is 0 Å². The number of hydrogen-bond donors (Lipinski definition) is 0. The van der Waals surface area contributed by atoms with Crippen molar-refractivity contribution in [1.29, 1.82) is 0 Å². The Bertz CT molecular complexity index is 96.6. The van der Waals surface area contributed by atoms with Gasteiger partial charge in [0.1, 0.15) is 0 Å². The molecule has 0 atom stereocenters. The first-order valence-corrected chi connectivity index (χ1v) is 5.54. The van der Waals surface area contributed by atoms with Gasteiger partial charge in [0.25, 0.3) is 0 Å². The van der Waals surface area contributed by atoms with Crippen LogP contribution in [0.5, 0.6) is 0 Å². The Hall–Kier alpha value is -0.520. The highest BCUT2D eigenvalue weighted by Gasteiger charge is 2.07. The summed E-state index contributed by atoms with van der Waals surface area (Å²) in [6, 6.07) is 0. The lowest BCUT2D eigenvalue weighted by molar-refractivity contribution is 0.420. The fourth-order valence-electron chi connectivity index (χ4n) is 1.37. The largest absolute Gasteiger partial charge is 0.103 e. The van der Waals surface area contributed by atoms with Crippen LogP contribution in [0.3, 0.4) is 0 Å². The molecule has 0 aliphatic heterocycles. The Morgan fingerprint density at radius 1 is 1.00 bits per heavy atom. The summed E-state index contributed by atoms with van der Waals surface area (Å²) in [5.74, 6) is 0.851. The van der Waals surface area contributed by atoms with Gasteiger partial charge in [0.15, 0.2) is 0 Å². The van der Waals surface area contributed by atoms with E-state index in [1.807, 2.05) is 20.8 Å². The molecule has 1 fully saturated rings. The molecule has 1 aliphatic rings. The predicted octanol–water partition coefficient (Wildman–Crippen LogP) is 4.97. The van der Waals surface area contributed by atoms with Crippen LogP contribution >= 0.6 is 0 Å². The summed E-state index contributed by atoms with van der Waals surface area (Å²) in [6.07, 6.45) is 10.9. The zero-order valence-electron chi connectivity index (χ0n) is 9.68. The smallest absolute Gasteiger partial charge is 0.0236 e. The van der Waals surface area contributed by atoms with Crippen LogP contribution in [0.25, 0.3) is 0 Å². The van der Waals surface area contributed by atoms with Gasteiger partial charge in [0.05, 0.1) is 0 Å². The third kappa shape index (κ3) is 11.5. The first-order chi connectivity index (χ1) is 6.35. The second kappa shape index (κ2) is 14.0. The van der Waals surface area contributed by atoms with Gasteiger partial charge in [-0.2, -0.15) is 0 Å². The minimum absolute atomic E-state index is 0.851. The molecule has 0 aromatic rings. The van der Waals surface area contributed by atoms with Crippen LogP contribution in [0.2, 0.25) is 0 Å². The van der Waals surface area contributed by atoms with E-state index in [0.29, 0.717) is 0 Å². The van der Waals surface area contributed by atoms with Crippen molar-refractivity contribution in [3.05, 3.63) is 25.3 Å². The summed E-state index contributed by atoms with van der Waals surface area (Å²) >= 11 is 0. The van der Waals surface area contributed by atoms with Crippen LogP contribution in [0, 0.1) is 5.92 Å². The van der Waals surface area contributed by atoms with Gasteiger partial charge < -0.3 is 0 Å². The highest BCUT2D eigenvalue weighted by Crippen LogP contribution is 2.23. The van der Waals surface area contributed by atoms with E-state index in [0.717, 1.165) is 5.92 Å². The maximum atomic E-state index is 3.78. The molecule has 0 saturated heterocycles. The molecule has 0 heterocycles. The van der Waals surface area contributed by atoms with Gasteiger partial charge in [-0.25, -0.2) is 0 Å². The topological polar surface area (TPSA) is 0 Å². The highest BCUT2D eigenvalue weighted by atomic mass is 14.1. The van der Waals surface area contributed by atoms with Crippen LogP contribution in [-0.2, 0) is 0 Å². The predicted molar refractivity (Wildman–Crippen MR) is 64.0 cm³/mol. The average molecular weight is 182 g/mol. The fraction of sp³-hybridized carbons (Fsp3) is 0.692. The third-order valence-corrected chi connectivity index (χ3v) is 1.98. The van der Waals surface area contributed by atoms with Crippen molar-refractivity contribution in [2.45, 2.75) is 52.9 Å². The van der Waals surface area contributed by atoms with Gasteiger partial charge in [-0.15, -0.1) is 13.2 Å². The highest BCUT2D eigenvalue weighted by molar-refractivity contribution is 4.80. The third-order valence-electron chi connectivity index (χ3n) is 1.98. The van der Waals surface area contributed by atoms with E-state index < -0.39 is 0 Å². The van der Waals surface area contributed by atoms with E-state index in [1.165, 1.54) is 32.1 Å². The van der Waals surface area contributed by atoms with Gasteiger partial charge in [0.2, 0.25) is 0 Å². The molecule has 0 radical (unpaired) electrons. The van der Waals surface area contributed by atoms with Crippen molar-refractivity contribution in [1.82, 2.24) is 0 Å². The number of hydrogen-bond acceptors (Lipinski definition) is 0. The molecule has 1 saturated carbocycles. The standard InChI is InChI=1S/C8H14.C3H6.C2H6/c1-2-8-6-4-3-5-7-8;1-3-2;1-2/h2,8H,1,3-7H2;3H,1H2,2H3;1-2H3. The van der Waals surface area contributed by atoms with Gasteiger partial charge in [-0.05, 0) is 25.7 Å². The maximum absolute atomic E-state index is 3.78. The van der Waals surface area contributed by atoms with Crippen molar-refractivity contribution in [2.24, 2.45) is 5.92 Å². The second-order valence-electron chi connectivity index (χ2n) is 3.04. The molecule has 78 valence electrons. The van der Waals surface area contributed by atoms with Crippen molar-refractivity contribution >= 4 is 0 Å². The summed E-state index contributed by atoms with van der Waals surface area (Å²) in [5, 5.41) is 0. The van der Waals surface area contributed by atoms with E-state index in [2.05, 4.69) is 19.2 Å². The van der Waals surface area contributed by atoms with Crippen LogP contribution in [0.1, 0.15) is 52.9 Å². The second-order valence-corrected chi connectivity index (χ2v) is 3.04. The molecule has 0 aromatic heterocycles. The van der Waals surface area contributed by atoms with Crippen molar-refractivity contribution in [2.75, 3.05) is 0 Å². The number of allylic oxidation sites excluding steroid dienone is 2. The molecule has 1 rings (SSSR count). The van der Waals surface area contributed by atoms with E-state index in [9.17, 15) is 0 Å². The Labute approximate surface area is 84.7 Å². The van der Waals surface area contributed by atoms with Gasteiger partial charge in [-0.3, -0.25) is 0 Å². The molecule has 13 heavy (non-hydrogen) atoms. The Morgan fingerprint density at radius 3 is 1.62 bits per heavy atom. The Morgan fingerprint density at radius 2 is 1.38 bits per heavy atom. The van der Waals surface area contributed by atoms with Crippen LogP contribution in [0.4, 0.5) is 0 Å². The molecule has 0 aromatic carbocycles. The molecular weight excluding hydrogens is 156 g/mol. The molecule has 1 aliphatic carbocycles. The fourth-order valence-corrected chi connectivity index (χ4v) is 1.37. The molecule has 0 unspecified atom stereocenters. The molecule has 0 N–H and O–H groups in total. The first kappa shape index (κ1) is 15.0. The average Bonchev–Trinajstić information content (AvgIpc) is 2.23. The van der Waals surface area contributed by atoms with Crippen molar-refractivity contribution in [3.8, 4) is 0 Å². The monoisotopic (exact) mass is 182 g/mol. The molecule has 0 amide bonds. The van der Waals surface area contributed by atoms with Crippen LogP contribution < -0.4 is 0 Å². The quantitative estimate of drug-likeness (QED) is 0.502. The lowest BCUT2D eigenvalue weighted by Gasteiger charge is -2.16. The summed E-state index contributed by atoms with van der Waals surface area (Å²) < 4.78 is 0. The molecule has 0 nitrogen and oxygen atoms in total. The van der Waals surface area contributed by atoms with Crippen molar-refractivity contribution < 1.29 is 0 Å². The summed E-state index contributed by atoms with van der Waals surface area (Å²) in [7, 11) is 0. The van der Waals surface area contributed by atoms with E-state index in [1.54, 1.807) is 6.08 Å². The maximum Gasteiger partial charge on any atom is -0.0236 e. The summed E-state index contributed by atoms with van der Waals surface area (Å²) in [4.78, 5) is 0. The molecule has 0 spiro atoms. The van der Waals surface area contributed by atoms with Gasteiger partial charge >= 0.3 is 0 Å². The van der Waals surface area contributed by atoms with Crippen LogP contribution in [-0.4, -0.2) is 0 Å². The Kier molecular flexibility index (Phi) is 16.2. The summed E-state index contributed by atoms with van der Waals surface area (Å²) in [5.41, 5.74) is 0. The van der Waals surface area contributed by atoms with E-state index in [4.69, 9.17) is 0 Å². The Balaban J connectivity index is 0. The van der Waals surface area contributed by atoms with Crippen molar-refractivity contribution in [3.63, 3.8) is 0 Å². The zero-order valence-corrected chi connectivity index (χ0v) is 9.68. The zero-order chi connectivity index (χ0) is 10.5. The van der Waals surface area contributed by atoms with Gasteiger partial charge in [-0.1, -0.05) is 45.3 Å². The normalized spacial score (nSPS) is 15.6. The minimum atomic E-state index is 0.851. The lowest BCUT2D eigenvalue weighted by Crippen LogP contribution is -2.01. The molecular formula is C13H26. The molecule has 0 bridgehead atoms. The number of rotatable bonds is 1. The first-order valence-electron chi connectivity index (χ1n) is 5.54. The minimum Gasteiger partial charge on any atom is -0.103 e. The SMILES string of the molecule is C=CC.C=CC1CCCCC1.CC. The van der Waals surface area contributed by atoms with Crippen LogP contribution in [0.15, 0.2) is 25.3 Å². The van der Waals surface area contributed by atoms with Gasteiger partial charge in [0, 0.05) is 0 Å². The summed E-state index contributed by atoms with van der Waals surface area (Å²) in [6.45, 7) is 13.0. The molecule has 0 heteroatoms. The van der Waals surface area contributed by atoms with E-state index >= 15 is 0 Å². The lowest BCUT2D eigenvalue weighted by atomic mass is 9.90.